The topological polar surface area (TPSA) is 71.7 Å². The Kier molecular flexibility index (Phi) is 4.47. The molecule has 1 aromatic heterocycles. The first-order valence-corrected chi connectivity index (χ1v) is 6.53. The summed E-state index contributed by atoms with van der Waals surface area (Å²) in [6, 6.07) is 7.21. The van der Waals surface area contributed by atoms with Gasteiger partial charge in [-0.05, 0) is 38.1 Å². The summed E-state index contributed by atoms with van der Waals surface area (Å²) in [5.41, 5.74) is 0.553. The van der Waals surface area contributed by atoms with Crippen LogP contribution in [0.25, 0.3) is 0 Å². The Morgan fingerprint density at radius 2 is 2.19 bits per heavy atom. The molecule has 6 heteroatoms. The largest absolute Gasteiger partial charge is 0.491 e. The van der Waals surface area contributed by atoms with Gasteiger partial charge in [-0.1, -0.05) is 0 Å². The minimum Gasteiger partial charge on any atom is -0.491 e. The maximum absolute atomic E-state index is 13.7. The van der Waals surface area contributed by atoms with Gasteiger partial charge in [-0.15, -0.1) is 0 Å². The average molecular weight is 293 g/mol. The smallest absolute Gasteiger partial charge is 0.371 e. The van der Waals surface area contributed by atoms with Gasteiger partial charge < -0.3 is 19.6 Å². The summed E-state index contributed by atoms with van der Waals surface area (Å²) in [5, 5.41) is 11.8. The van der Waals surface area contributed by atoms with Gasteiger partial charge in [-0.25, -0.2) is 9.18 Å². The van der Waals surface area contributed by atoms with Crippen LogP contribution in [0.2, 0.25) is 0 Å². The van der Waals surface area contributed by atoms with Crippen molar-refractivity contribution in [2.24, 2.45) is 0 Å². The number of halogens is 1. The van der Waals surface area contributed by atoms with Crippen LogP contribution in [0.4, 0.5) is 10.1 Å². The predicted octanol–water partition coefficient (Wildman–Crippen LogP) is 3.69. The minimum absolute atomic E-state index is 0.128. The summed E-state index contributed by atoms with van der Waals surface area (Å²) in [5.74, 6) is -1.06. The third-order valence-corrected chi connectivity index (χ3v) is 2.88. The molecule has 2 rings (SSSR count). The van der Waals surface area contributed by atoms with Crippen molar-refractivity contribution in [1.82, 2.24) is 0 Å². The maximum atomic E-state index is 13.7. The summed E-state index contributed by atoms with van der Waals surface area (Å²) in [4.78, 5) is 10.8. The van der Waals surface area contributed by atoms with Crippen molar-refractivity contribution in [3.05, 3.63) is 47.7 Å². The zero-order chi connectivity index (χ0) is 15.4. The lowest BCUT2D eigenvalue weighted by Gasteiger charge is -2.14. The Balaban J connectivity index is 2.09. The normalized spacial score (nSPS) is 12.0. The lowest BCUT2D eigenvalue weighted by molar-refractivity contribution is 0.0660. The van der Waals surface area contributed by atoms with Crippen LogP contribution >= 0.6 is 0 Å². The van der Waals surface area contributed by atoms with Gasteiger partial charge in [-0.2, -0.15) is 0 Å². The fourth-order valence-corrected chi connectivity index (χ4v) is 1.88. The van der Waals surface area contributed by atoms with Crippen LogP contribution in [0, 0.1) is 5.82 Å². The molecule has 1 unspecified atom stereocenters. The molecule has 0 radical (unpaired) electrons. The minimum atomic E-state index is -1.12. The number of hydrogen-bond acceptors (Lipinski definition) is 4. The van der Waals surface area contributed by atoms with Crippen LogP contribution in [0.3, 0.4) is 0 Å². The van der Waals surface area contributed by atoms with E-state index in [4.69, 9.17) is 14.3 Å². The Labute approximate surface area is 121 Å². The third-order valence-electron chi connectivity index (χ3n) is 2.88. The number of aromatic carboxylic acids is 1. The molecule has 0 aliphatic rings. The second kappa shape index (κ2) is 6.30. The van der Waals surface area contributed by atoms with E-state index in [9.17, 15) is 9.18 Å². The SMILES string of the molecule is CCOc1ccc(NC(C)c2ccc(C(=O)O)o2)cc1F. The lowest BCUT2D eigenvalue weighted by Crippen LogP contribution is -2.06. The summed E-state index contributed by atoms with van der Waals surface area (Å²) in [6.45, 7) is 3.97. The summed E-state index contributed by atoms with van der Waals surface area (Å²) >= 11 is 0. The van der Waals surface area contributed by atoms with Crippen LogP contribution in [0.1, 0.15) is 36.2 Å². The first-order chi connectivity index (χ1) is 10.0. The molecular weight excluding hydrogens is 277 g/mol. The molecule has 0 spiro atoms. The molecule has 1 aromatic carbocycles. The molecule has 21 heavy (non-hydrogen) atoms. The quantitative estimate of drug-likeness (QED) is 0.850. The summed E-state index contributed by atoms with van der Waals surface area (Å²) in [6.07, 6.45) is 0. The van der Waals surface area contributed by atoms with Crippen LogP contribution in [-0.2, 0) is 0 Å². The van der Waals surface area contributed by atoms with Crippen molar-refractivity contribution in [2.45, 2.75) is 19.9 Å². The molecule has 0 saturated carbocycles. The molecule has 0 saturated heterocycles. The molecule has 0 aliphatic carbocycles. The molecule has 5 nitrogen and oxygen atoms in total. The van der Waals surface area contributed by atoms with Gasteiger partial charge in [0, 0.05) is 11.8 Å². The number of ether oxygens (including phenoxy) is 1. The number of carbonyl (C=O) groups is 1. The second-order valence-electron chi connectivity index (χ2n) is 4.45. The Bertz CT molecular complexity index is 638. The highest BCUT2D eigenvalue weighted by Gasteiger charge is 2.14. The predicted molar refractivity (Wildman–Crippen MR) is 75.3 cm³/mol. The highest BCUT2D eigenvalue weighted by atomic mass is 19.1. The summed E-state index contributed by atoms with van der Waals surface area (Å²) < 4.78 is 24.0. The van der Waals surface area contributed by atoms with Crippen LogP contribution in [0.5, 0.6) is 5.75 Å². The summed E-state index contributed by atoms with van der Waals surface area (Å²) in [7, 11) is 0. The van der Waals surface area contributed by atoms with Crippen LogP contribution in [0.15, 0.2) is 34.7 Å². The fraction of sp³-hybridized carbons (Fsp3) is 0.267. The van der Waals surface area contributed by atoms with Crippen molar-refractivity contribution >= 4 is 11.7 Å². The van der Waals surface area contributed by atoms with Crippen LogP contribution < -0.4 is 10.1 Å². The standard InChI is InChI=1S/C15H16FNO4/c1-3-20-13-5-4-10(8-11(13)16)17-9(2)12-6-7-14(21-12)15(18)19/h4-9,17H,3H2,1-2H3,(H,18,19). The Hall–Kier alpha value is -2.50. The zero-order valence-electron chi connectivity index (χ0n) is 11.7. The number of nitrogens with one attached hydrogen (secondary N) is 1. The number of anilines is 1. The molecule has 1 heterocycles. The number of hydrogen-bond donors (Lipinski definition) is 2. The monoisotopic (exact) mass is 293 g/mol. The van der Waals surface area contributed by atoms with E-state index in [1.807, 2.05) is 0 Å². The lowest BCUT2D eigenvalue weighted by atomic mass is 10.2. The highest BCUT2D eigenvalue weighted by molar-refractivity contribution is 5.84. The van der Waals surface area contributed by atoms with E-state index in [0.717, 1.165) is 0 Å². The number of carboxylic acids is 1. The Morgan fingerprint density at radius 3 is 2.76 bits per heavy atom. The van der Waals surface area contributed by atoms with Crippen molar-refractivity contribution < 1.29 is 23.4 Å². The van der Waals surface area contributed by atoms with E-state index in [0.29, 0.717) is 18.1 Å². The molecular formula is C15H16FNO4. The zero-order valence-corrected chi connectivity index (χ0v) is 11.7. The van der Waals surface area contributed by atoms with Gasteiger partial charge in [0.25, 0.3) is 0 Å². The molecule has 2 N–H and O–H groups in total. The number of carboxylic acid groups (broad SMARTS) is 1. The highest BCUT2D eigenvalue weighted by Crippen LogP contribution is 2.25. The first-order valence-electron chi connectivity index (χ1n) is 6.53. The van der Waals surface area contributed by atoms with Gasteiger partial charge in [0.15, 0.2) is 11.6 Å². The van der Waals surface area contributed by atoms with Crippen molar-refractivity contribution in [3.8, 4) is 5.75 Å². The van der Waals surface area contributed by atoms with Gasteiger partial charge in [-0.3, -0.25) is 0 Å². The van der Waals surface area contributed by atoms with E-state index in [1.165, 1.54) is 12.1 Å². The molecule has 0 fully saturated rings. The van der Waals surface area contributed by atoms with E-state index in [-0.39, 0.29) is 17.6 Å². The van der Waals surface area contributed by atoms with Crippen molar-refractivity contribution in [2.75, 3.05) is 11.9 Å². The molecule has 0 aliphatic heterocycles. The second-order valence-corrected chi connectivity index (χ2v) is 4.45. The van der Waals surface area contributed by atoms with Gasteiger partial charge in [0.05, 0.1) is 12.6 Å². The van der Waals surface area contributed by atoms with E-state index in [1.54, 1.807) is 32.0 Å². The van der Waals surface area contributed by atoms with Crippen molar-refractivity contribution in [3.63, 3.8) is 0 Å². The van der Waals surface area contributed by atoms with Gasteiger partial charge in [0.1, 0.15) is 5.76 Å². The molecule has 2 aromatic rings. The van der Waals surface area contributed by atoms with Crippen molar-refractivity contribution in [1.29, 1.82) is 0 Å². The van der Waals surface area contributed by atoms with E-state index >= 15 is 0 Å². The maximum Gasteiger partial charge on any atom is 0.371 e. The fourth-order valence-electron chi connectivity index (χ4n) is 1.88. The number of rotatable bonds is 6. The van der Waals surface area contributed by atoms with E-state index < -0.39 is 11.8 Å². The average Bonchev–Trinajstić information content (AvgIpc) is 2.92. The third kappa shape index (κ3) is 3.53. The first kappa shape index (κ1) is 14.9. The number of benzene rings is 1. The number of furan rings is 1. The van der Waals surface area contributed by atoms with Gasteiger partial charge in [0.2, 0.25) is 5.76 Å². The van der Waals surface area contributed by atoms with Crippen LogP contribution in [-0.4, -0.2) is 17.7 Å². The molecule has 0 bridgehead atoms. The van der Waals surface area contributed by atoms with Gasteiger partial charge >= 0.3 is 5.97 Å². The molecule has 112 valence electrons. The molecule has 1 atom stereocenters. The van der Waals surface area contributed by atoms with E-state index in [2.05, 4.69) is 5.32 Å². The Morgan fingerprint density at radius 1 is 1.43 bits per heavy atom. The molecule has 0 amide bonds.